The molecule has 0 radical (unpaired) electrons. The maximum Gasteiger partial charge on any atom is 0.120 e. The van der Waals surface area contributed by atoms with Crippen LogP contribution in [0.5, 0.6) is 5.75 Å². The zero-order valence-corrected chi connectivity index (χ0v) is 13.5. The molecule has 116 valence electrons. The van der Waals surface area contributed by atoms with Crippen molar-refractivity contribution < 1.29 is 5.11 Å². The third-order valence-corrected chi connectivity index (χ3v) is 5.82. The van der Waals surface area contributed by atoms with E-state index in [4.69, 9.17) is 5.73 Å². The van der Waals surface area contributed by atoms with Crippen LogP contribution in [0.1, 0.15) is 61.3 Å². The molecule has 2 aliphatic rings. The van der Waals surface area contributed by atoms with Crippen molar-refractivity contribution >= 4 is 0 Å². The Bertz CT molecular complexity index is 528. The normalized spacial score (nSPS) is 31.9. The molecule has 1 aromatic carbocycles. The largest absolute Gasteiger partial charge is 0.508 e. The summed E-state index contributed by atoms with van der Waals surface area (Å²) in [7, 11) is 2.23. The number of nitrogens with two attached hydrogens (primary N) is 1. The second-order valence-corrected chi connectivity index (χ2v) is 7.04. The van der Waals surface area contributed by atoms with E-state index in [1.807, 2.05) is 12.1 Å². The van der Waals surface area contributed by atoms with Gasteiger partial charge in [-0.15, -0.1) is 0 Å². The van der Waals surface area contributed by atoms with Gasteiger partial charge in [0.25, 0.3) is 0 Å². The van der Waals surface area contributed by atoms with Gasteiger partial charge < -0.3 is 10.8 Å². The summed E-state index contributed by atoms with van der Waals surface area (Å²) in [5, 5.41) is 10.4. The highest BCUT2D eigenvalue weighted by Crippen LogP contribution is 2.50. The molecule has 0 amide bonds. The molecule has 1 fully saturated rings. The monoisotopic (exact) mass is 288 g/mol. The molecular weight excluding hydrogens is 260 g/mol. The lowest BCUT2D eigenvalue weighted by Gasteiger charge is -2.35. The molecule has 3 rings (SSSR count). The third-order valence-electron chi connectivity index (χ3n) is 5.82. The number of aromatic hydroxyl groups is 1. The highest BCUT2D eigenvalue weighted by molar-refractivity contribution is 5.51. The SMILES string of the molecule is Cc1ccc(O)c2c1C(C)CC2N(C)C1CCCC1CN. The maximum absolute atomic E-state index is 10.4. The molecule has 3 N–H and O–H groups in total. The van der Waals surface area contributed by atoms with Gasteiger partial charge in [-0.25, -0.2) is 0 Å². The van der Waals surface area contributed by atoms with Gasteiger partial charge in [-0.05, 0) is 68.8 Å². The van der Waals surface area contributed by atoms with Gasteiger partial charge in [0, 0.05) is 17.6 Å². The summed E-state index contributed by atoms with van der Waals surface area (Å²) in [5.74, 6) is 1.61. The lowest BCUT2D eigenvalue weighted by Crippen LogP contribution is -2.39. The van der Waals surface area contributed by atoms with Gasteiger partial charge in [0.15, 0.2) is 0 Å². The number of hydrogen-bond acceptors (Lipinski definition) is 3. The second kappa shape index (κ2) is 5.62. The van der Waals surface area contributed by atoms with Gasteiger partial charge in [-0.2, -0.15) is 0 Å². The summed E-state index contributed by atoms with van der Waals surface area (Å²) in [4.78, 5) is 2.51. The first-order valence-corrected chi connectivity index (χ1v) is 8.29. The molecule has 0 bridgehead atoms. The van der Waals surface area contributed by atoms with Crippen LogP contribution < -0.4 is 5.73 Å². The van der Waals surface area contributed by atoms with Crippen molar-refractivity contribution in [1.29, 1.82) is 0 Å². The van der Waals surface area contributed by atoms with Gasteiger partial charge in [0.1, 0.15) is 5.75 Å². The van der Waals surface area contributed by atoms with E-state index in [0.29, 0.717) is 29.7 Å². The molecule has 0 aliphatic heterocycles. The van der Waals surface area contributed by atoms with Crippen molar-refractivity contribution in [1.82, 2.24) is 4.90 Å². The number of fused-ring (bicyclic) bond motifs is 1. The van der Waals surface area contributed by atoms with E-state index in [-0.39, 0.29) is 0 Å². The van der Waals surface area contributed by atoms with Crippen molar-refractivity contribution in [2.75, 3.05) is 13.6 Å². The number of aryl methyl sites for hydroxylation is 1. The van der Waals surface area contributed by atoms with Crippen molar-refractivity contribution in [2.24, 2.45) is 11.7 Å². The van der Waals surface area contributed by atoms with E-state index >= 15 is 0 Å². The standard InChI is InChI=1S/C18H28N2O/c1-11-7-8-16(21)18-15(9-12(2)17(11)18)20(3)14-6-4-5-13(14)10-19/h7-8,12-15,21H,4-6,9-10,19H2,1-3H3. The molecular formula is C18H28N2O. The predicted octanol–water partition coefficient (Wildman–Crippen LogP) is 3.31. The van der Waals surface area contributed by atoms with Crippen LogP contribution in [-0.2, 0) is 0 Å². The molecule has 0 aromatic heterocycles. The van der Waals surface area contributed by atoms with Gasteiger partial charge in [-0.3, -0.25) is 4.90 Å². The van der Waals surface area contributed by atoms with Crippen molar-refractivity contribution in [3.05, 3.63) is 28.8 Å². The van der Waals surface area contributed by atoms with Crippen LogP contribution in [0.3, 0.4) is 0 Å². The Morgan fingerprint density at radius 3 is 2.76 bits per heavy atom. The zero-order chi connectivity index (χ0) is 15.1. The number of hydrogen-bond donors (Lipinski definition) is 2. The summed E-state index contributed by atoms with van der Waals surface area (Å²) in [6.07, 6.45) is 4.88. The van der Waals surface area contributed by atoms with Gasteiger partial charge in [-0.1, -0.05) is 19.4 Å². The Hall–Kier alpha value is -1.06. The highest BCUT2D eigenvalue weighted by Gasteiger charge is 2.39. The lowest BCUT2D eigenvalue weighted by atomic mass is 9.96. The van der Waals surface area contributed by atoms with Crippen LogP contribution in [0.4, 0.5) is 0 Å². The van der Waals surface area contributed by atoms with Crippen LogP contribution in [0.2, 0.25) is 0 Å². The average molecular weight is 288 g/mol. The highest BCUT2D eigenvalue weighted by atomic mass is 16.3. The van der Waals surface area contributed by atoms with E-state index in [1.165, 1.54) is 36.0 Å². The summed E-state index contributed by atoms with van der Waals surface area (Å²) < 4.78 is 0. The molecule has 4 atom stereocenters. The Morgan fingerprint density at radius 1 is 1.29 bits per heavy atom. The topological polar surface area (TPSA) is 49.5 Å². The number of rotatable bonds is 3. The quantitative estimate of drug-likeness (QED) is 0.897. The Morgan fingerprint density at radius 2 is 2.05 bits per heavy atom. The molecule has 0 spiro atoms. The smallest absolute Gasteiger partial charge is 0.120 e. The Kier molecular flexibility index (Phi) is 3.98. The van der Waals surface area contributed by atoms with Crippen molar-refractivity contribution in [3.63, 3.8) is 0 Å². The Balaban J connectivity index is 1.94. The van der Waals surface area contributed by atoms with Crippen LogP contribution >= 0.6 is 0 Å². The van der Waals surface area contributed by atoms with Crippen LogP contribution in [0.15, 0.2) is 12.1 Å². The molecule has 0 heterocycles. The van der Waals surface area contributed by atoms with E-state index in [1.54, 1.807) is 0 Å². The lowest BCUT2D eigenvalue weighted by molar-refractivity contribution is 0.137. The van der Waals surface area contributed by atoms with E-state index < -0.39 is 0 Å². The fourth-order valence-corrected chi connectivity index (χ4v) is 4.74. The Labute approximate surface area is 128 Å². The molecule has 1 saturated carbocycles. The second-order valence-electron chi connectivity index (χ2n) is 7.04. The number of benzene rings is 1. The van der Waals surface area contributed by atoms with E-state index in [9.17, 15) is 5.11 Å². The molecule has 3 nitrogen and oxygen atoms in total. The van der Waals surface area contributed by atoms with Crippen LogP contribution in [-0.4, -0.2) is 29.6 Å². The number of phenolic OH excluding ortho intramolecular Hbond substituents is 1. The minimum atomic E-state index is 0.340. The summed E-state index contributed by atoms with van der Waals surface area (Å²) in [6, 6.07) is 4.82. The van der Waals surface area contributed by atoms with Crippen molar-refractivity contribution in [3.8, 4) is 5.75 Å². The first-order valence-electron chi connectivity index (χ1n) is 8.29. The summed E-state index contributed by atoms with van der Waals surface area (Å²) in [5.41, 5.74) is 9.82. The molecule has 4 unspecified atom stereocenters. The third kappa shape index (κ3) is 2.36. The van der Waals surface area contributed by atoms with Gasteiger partial charge in [0.05, 0.1) is 0 Å². The van der Waals surface area contributed by atoms with Gasteiger partial charge in [0.2, 0.25) is 0 Å². The molecule has 1 aromatic rings. The maximum atomic E-state index is 10.4. The van der Waals surface area contributed by atoms with Gasteiger partial charge >= 0.3 is 0 Å². The summed E-state index contributed by atoms with van der Waals surface area (Å²) >= 11 is 0. The fourth-order valence-electron chi connectivity index (χ4n) is 4.74. The molecule has 21 heavy (non-hydrogen) atoms. The average Bonchev–Trinajstić information content (AvgIpc) is 3.07. The molecule has 0 saturated heterocycles. The number of phenols is 1. The van der Waals surface area contributed by atoms with E-state index in [2.05, 4.69) is 25.8 Å². The van der Waals surface area contributed by atoms with Crippen molar-refractivity contribution in [2.45, 2.75) is 57.5 Å². The molecule has 3 heteroatoms. The fraction of sp³-hybridized carbons (Fsp3) is 0.667. The first-order chi connectivity index (χ1) is 10.0. The summed E-state index contributed by atoms with van der Waals surface area (Å²) in [6.45, 7) is 5.23. The van der Waals surface area contributed by atoms with Crippen LogP contribution in [0, 0.1) is 12.8 Å². The molecule has 2 aliphatic carbocycles. The number of nitrogens with zero attached hydrogens (tertiary/aromatic N) is 1. The van der Waals surface area contributed by atoms with Crippen LogP contribution in [0.25, 0.3) is 0 Å². The van der Waals surface area contributed by atoms with E-state index in [0.717, 1.165) is 13.0 Å². The minimum absolute atomic E-state index is 0.340. The minimum Gasteiger partial charge on any atom is -0.508 e. The zero-order valence-electron chi connectivity index (χ0n) is 13.5. The first kappa shape index (κ1) is 14.9. The predicted molar refractivity (Wildman–Crippen MR) is 86.6 cm³/mol.